The largest absolute Gasteiger partial charge is 0.482 e. The third kappa shape index (κ3) is 5.55. The Bertz CT molecular complexity index is 524. The first-order valence-corrected chi connectivity index (χ1v) is 7.61. The maximum absolute atomic E-state index is 12.1. The van der Waals surface area contributed by atoms with Crippen LogP contribution in [0.1, 0.15) is 20.3 Å². The molecule has 1 unspecified atom stereocenters. The number of aliphatic carboxylic acids is 1. The van der Waals surface area contributed by atoms with Gasteiger partial charge in [0, 0.05) is 10.5 Å². The highest BCUT2D eigenvalue weighted by Gasteiger charge is 2.22. The summed E-state index contributed by atoms with van der Waals surface area (Å²) in [6, 6.07) is 4.88. The van der Waals surface area contributed by atoms with E-state index in [1.54, 1.807) is 25.1 Å². The van der Waals surface area contributed by atoms with Gasteiger partial charge in [0.2, 0.25) is 0 Å². The molecule has 0 aromatic heterocycles. The van der Waals surface area contributed by atoms with Crippen LogP contribution in [0.5, 0.6) is 5.75 Å². The molecule has 0 saturated heterocycles. The molecule has 1 rings (SSSR count). The molecule has 0 heterocycles. The third-order valence-electron chi connectivity index (χ3n) is 2.99. The van der Waals surface area contributed by atoms with E-state index in [0.29, 0.717) is 17.2 Å². The van der Waals surface area contributed by atoms with Crippen LogP contribution in [-0.4, -0.2) is 41.1 Å². The Kier molecular flexibility index (Phi) is 6.98. The van der Waals surface area contributed by atoms with Crippen molar-refractivity contribution < 1.29 is 19.4 Å². The zero-order valence-corrected chi connectivity index (χ0v) is 14.1. The Morgan fingerprint density at radius 2 is 2.14 bits per heavy atom. The molecule has 0 aliphatic rings. The second-order valence-corrected chi connectivity index (χ2v) is 5.86. The predicted molar refractivity (Wildman–Crippen MR) is 83.7 cm³/mol. The fourth-order valence-electron chi connectivity index (χ4n) is 1.67. The minimum absolute atomic E-state index is 0.169. The summed E-state index contributed by atoms with van der Waals surface area (Å²) in [5.41, 5.74) is 0. The Hall–Kier alpha value is -1.27. The number of carbonyl (C=O) groups excluding carboxylic acids is 1. The molecule has 0 bridgehead atoms. The van der Waals surface area contributed by atoms with Crippen molar-refractivity contribution >= 4 is 39.4 Å². The van der Waals surface area contributed by atoms with Crippen molar-refractivity contribution in [1.82, 2.24) is 4.90 Å². The minimum Gasteiger partial charge on any atom is -0.482 e. The Morgan fingerprint density at radius 1 is 1.48 bits per heavy atom. The number of ether oxygens (including phenoxy) is 1. The van der Waals surface area contributed by atoms with Gasteiger partial charge in [-0.2, -0.15) is 0 Å². The number of carbonyl (C=O) groups is 2. The zero-order chi connectivity index (χ0) is 16.0. The highest BCUT2D eigenvalue weighted by molar-refractivity contribution is 9.10. The summed E-state index contributed by atoms with van der Waals surface area (Å²) in [6.07, 6.45) is 0.665. The third-order valence-corrected chi connectivity index (χ3v) is 3.78. The molecule has 0 fully saturated rings. The van der Waals surface area contributed by atoms with Crippen LogP contribution in [0.2, 0.25) is 5.02 Å². The summed E-state index contributed by atoms with van der Waals surface area (Å²) < 4.78 is 6.18. The van der Waals surface area contributed by atoms with E-state index in [2.05, 4.69) is 15.9 Å². The van der Waals surface area contributed by atoms with Gasteiger partial charge in [0.15, 0.2) is 6.61 Å². The average Bonchev–Trinajstić information content (AvgIpc) is 2.42. The second-order valence-electron chi connectivity index (χ2n) is 4.54. The first-order valence-electron chi connectivity index (χ1n) is 6.44. The number of rotatable bonds is 7. The van der Waals surface area contributed by atoms with Crippen LogP contribution in [0.4, 0.5) is 0 Å². The van der Waals surface area contributed by atoms with Gasteiger partial charge in [-0.25, -0.2) is 0 Å². The van der Waals surface area contributed by atoms with Crippen molar-refractivity contribution in [2.75, 3.05) is 13.2 Å². The first-order chi connectivity index (χ1) is 9.85. The van der Waals surface area contributed by atoms with Crippen LogP contribution >= 0.6 is 27.5 Å². The van der Waals surface area contributed by atoms with Crippen molar-refractivity contribution in [2.24, 2.45) is 0 Å². The standard InChI is InChI=1S/C14H17BrClNO4/c1-3-9(2)17(7-14(19)20)13(18)8-21-12-5-4-10(15)6-11(12)16/h4-6,9H,3,7-8H2,1-2H3,(H,19,20). The first kappa shape index (κ1) is 17.8. The molecule has 7 heteroatoms. The smallest absolute Gasteiger partial charge is 0.323 e. The van der Waals surface area contributed by atoms with Crippen molar-refractivity contribution in [3.8, 4) is 5.75 Å². The zero-order valence-electron chi connectivity index (χ0n) is 11.8. The molecule has 0 aliphatic heterocycles. The van der Waals surface area contributed by atoms with Crippen LogP contribution in [0.3, 0.4) is 0 Å². The van der Waals surface area contributed by atoms with E-state index >= 15 is 0 Å². The van der Waals surface area contributed by atoms with Crippen LogP contribution in [0.15, 0.2) is 22.7 Å². The molecule has 0 aliphatic carbocycles. The van der Waals surface area contributed by atoms with E-state index in [1.165, 1.54) is 4.90 Å². The SMILES string of the molecule is CCC(C)N(CC(=O)O)C(=O)COc1ccc(Br)cc1Cl. The van der Waals surface area contributed by atoms with Crippen molar-refractivity contribution in [3.05, 3.63) is 27.7 Å². The van der Waals surface area contributed by atoms with Gasteiger partial charge in [-0.1, -0.05) is 34.5 Å². The second kappa shape index (κ2) is 8.24. The monoisotopic (exact) mass is 377 g/mol. The lowest BCUT2D eigenvalue weighted by atomic mass is 10.2. The van der Waals surface area contributed by atoms with E-state index in [-0.39, 0.29) is 25.1 Å². The quantitative estimate of drug-likeness (QED) is 0.791. The maximum atomic E-state index is 12.1. The number of halogens is 2. The summed E-state index contributed by atoms with van der Waals surface area (Å²) in [5.74, 6) is -1.05. The number of carboxylic acids is 1. The van der Waals surface area contributed by atoms with Gasteiger partial charge in [0.25, 0.3) is 5.91 Å². The molecule has 1 atom stereocenters. The van der Waals surface area contributed by atoms with E-state index in [1.807, 2.05) is 6.92 Å². The van der Waals surface area contributed by atoms with Gasteiger partial charge in [-0.05, 0) is 31.5 Å². The Labute approximate surface area is 137 Å². The van der Waals surface area contributed by atoms with E-state index in [9.17, 15) is 9.59 Å². The molecule has 1 aromatic carbocycles. The Balaban J connectivity index is 2.70. The highest BCUT2D eigenvalue weighted by atomic mass is 79.9. The van der Waals surface area contributed by atoms with E-state index in [0.717, 1.165) is 4.47 Å². The minimum atomic E-state index is -1.05. The van der Waals surface area contributed by atoms with Crippen molar-refractivity contribution in [3.63, 3.8) is 0 Å². The number of hydrogen-bond acceptors (Lipinski definition) is 3. The fourth-order valence-corrected chi connectivity index (χ4v) is 2.40. The maximum Gasteiger partial charge on any atom is 0.323 e. The lowest BCUT2D eigenvalue weighted by Crippen LogP contribution is -2.44. The molecule has 1 amide bonds. The number of benzene rings is 1. The molecular weight excluding hydrogens is 362 g/mol. The van der Waals surface area contributed by atoms with Gasteiger partial charge in [0.1, 0.15) is 12.3 Å². The summed E-state index contributed by atoms with van der Waals surface area (Å²) in [5, 5.41) is 9.26. The van der Waals surface area contributed by atoms with Crippen molar-refractivity contribution in [2.45, 2.75) is 26.3 Å². The summed E-state index contributed by atoms with van der Waals surface area (Å²) in [4.78, 5) is 24.2. The molecule has 0 radical (unpaired) electrons. The fraction of sp³-hybridized carbons (Fsp3) is 0.429. The topological polar surface area (TPSA) is 66.8 Å². The summed E-state index contributed by atoms with van der Waals surface area (Å²) in [7, 11) is 0. The molecule has 1 N–H and O–H groups in total. The van der Waals surface area contributed by atoms with Crippen LogP contribution < -0.4 is 4.74 Å². The molecule has 116 valence electrons. The highest BCUT2D eigenvalue weighted by Crippen LogP contribution is 2.27. The molecule has 1 aromatic rings. The number of nitrogens with zero attached hydrogens (tertiary/aromatic N) is 1. The number of hydrogen-bond donors (Lipinski definition) is 1. The predicted octanol–water partition coefficient (Wildman–Crippen LogP) is 3.19. The van der Waals surface area contributed by atoms with Crippen LogP contribution in [-0.2, 0) is 9.59 Å². The van der Waals surface area contributed by atoms with Gasteiger partial charge in [-0.15, -0.1) is 0 Å². The Morgan fingerprint density at radius 3 is 2.67 bits per heavy atom. The molecular formula is C14H17BrClNO4. The molecule has 21 heavy (non-hydrogen) atoms. The van der Waals surface area contributed by atoms with Gasteiger partial charge >= 0.3 is 5.97 Å². The van der Waals surface area contributed by atoms with E-state index < -0.39 is 5.97 Å². The molecule has 0 saturated carbocycles. The molecule has 5 nitrogen and oxygen atoms in total. The van der Waals surface area contributed by atoms with Crippen LogP contribution in [0, 0.1) is 0 Å². The number of carboxylic acid groups (broad SMARTS) is 1. The lowest BCUT2D eigenvalue weighted by Gasteiger charge is -2.26. The summed E-state index contributed by atoms with van der Waals surface area (Å²) >= 11 is 9.27. The normalized spacial score (nSPS) is 11.8. The van der Waals surface area contributed by atoms with E-state index in [4.69, 9.17) is 21.4 Å². The average molecular weight is 379 g/mol. The summed E-state index contributed by atoms with van der Waals surface area (Å²) in [6.45, 7) is 3.09. The van der Waals surface area contributed by atoms with Crippen molar-refractivity contribution in [1.29, 1.82) is 0 Å². The van der Waals surface area contributed by atoms with Gasteiger partial charge in [-0.3, -0.25) is 9.59 Å². The van der Waals surface area contributed by atoms with Gasteiger partial charge in [0.05, 0.1) is 5.02 Å². The number of amides is 1. The lowest BCUT2D eigenvalue weighted by molar-refractivity contribution is -0.147. The van der Waals surface area contributed by atoms with Crippen LogP contribution in [0.25, 0.3) is 0 Å². The molecule has 0 spiro atoms. The van der Waals surface area contributed by atoms with Gasteiger partial charge < -0.3 is 14.7 Å².